The summed E-state index contributed by atoms with van der Waals surface area (Å²) < 4.78 is 13.4. The molecule has 0 N–H and O–H groups in total. The minimum atomic E-state index is -0.209. The van der Waals surface area contributed by atoms with Crippen LogP contribution in [0, 0.1) is 5.82 Å². The van der Waals surface area contributed by atoms with Crippen molar-refractivity contribution in [3.63, 3.8) is 0 Å². The molecule has 5 heteroatoms. The summed E-state index contributed by atoms with van der Waals surface area (Å²) in [5.41, 5.74) is 2.99. The Balaban J connectivity index is 1.39. The van der Waals surface area contributed by atoms with Crippen molar-refractivity contribution in [2.45, 2.75) is 38.0 Å². The lowest BCUT2D eigenvalue weighted by Gasteiger charge is -2.33. The lowest BCUT2D eigenvalue weighted by atomic mass is 9.94. The number of hydrogen-bond donors (Lipinski definition) is 0. The fourth-order valence-electron chi connectivity index (χ4n) is 4.38. The highest BCUT2D eigenvalue weighted by molar-refractivity contribution is 5.78. The van der Waals surface area contributed by atoms with E-state index in [2.05, 4.69) is 11.0 Å². The van der Waals surface area contributed by atoms with Crippen molar-refractivity contribution >= 4 is 5.91 Å². The van der Waals surface area contributed by atoms with Gasteiger partial charge in [-0.3, -0.25) is 14.7 Å². The van der Waals surface area contributed by atoms with Crippen molar-refractivity contribution in [2.24, 2.45) is 0 Å². The summed E-state index contributed by atoms with van der Waals surface area (Å²) in [5.74, 6) is 0.415. The molecule has 0 spiro atoms. The van der Waals surface area contributed by atoms with E-state index >= 15 is 0 Å². The van der Waals surface area contributed by atoms with Crippen LogP contribution >= 0.6 is 0 Å². The van der Waals surface area contributed by atoms with E-state index in [4.69, 9.17) is 4.98 Å². The highest BCUT2D eigenvalue weighted by Crippen LogP contribution is 2.26. The maximum absolute atomic E-state index is 13.4. The van der Waals surface area contributed by atoms with Crippen LogP contribution in [0.15, 0.2) is 42.5 Å². The van der Waals surface area contributed by atoms with Crippen molar-refractivity contribution in [2.75, 3.05) is 32.7 Å². The Morgan fingerprint density at radius 1 is 1.07 bits per heavy atom. The van der Waals surface area contributed by atoms with Crippen molar-refractivity contribution in [3.8, 4) is 0 Å². The third-order valence-corrected chi connectivity index (χ3v) is 5.84. The zero-order valence-corrected chi connectivity index (χ0v) is 16.3. The first-order valence-electron chi connectivity index (χ1n) is 10.4. The Morgan fingerprint density at radius 3 is 2.71 bits per heavy atom. The Morgan fingerprint density at radius 2 is 1.89 bits per heavy atom. The predicted octanol–water partition coefficient (Wildman–Crippen LogP) is 3.61. The van der Waals surface area contributed by atoms with E-state index in [1.165, 1.54) is 6.07 Å². The number of aromatic nitrogens is 1. The van der Waals surface area contributed by atoms with Gasteiger partial charge < -0.3 is 4.90 Å². The maximum atomic E-state index is 13.4. The largest absolute Gasteiger partial charge is 0.342 e. The SMILES string of the molecule is O=C(CN1CCC[C@H](c2cccc(Cc3cccc(F)c3)n2)C1)N1CCCC1. The number of benzene rings is 1. The average molecular weight is 381 g/mol. The fourth-order valence-corrected chi connectivity index (χ4v) is 4.38. The van der Waals surface area contributed by atoms with Crippen LogP contribution in [0.2, 0.25) is 0 Å². The Hall–Kier alpha value is -2.27. The Kier molecular flexibility index (Phi) is 6.01. The number of hydrogen-bond acceptors (Lipinski definition) is 3. The van der Waals surface area contributed by atoms with Crippen LogP contribution in [0.5, 0.6) is 0 Å². The van der Waals surface area contributed by atoms with Gasteiger partial charge in [-0.15, -0.1) is 0 Å². The molecule has 1 aromatic heterocycles. The first-order valence-corrected chi connectivity index (χ1v) is 10.4. The molecule has 0 bridgehead atoms. The zero-order valence-electron chi connectivity index (χ0n) is 16.3. The zero-order chi connectivity index (χ0) is 19.3. The highest BCUT2D eigenvalue weighted by atomic mass is 19.1. The number of nitrogens with zero attached hydrogens (tertiary/aromatic N) is 3. The molecule has 2 aliphatic rings. The number of carbonyl (C=O) groups excluding carboxylic acids is 1. The molecule has 1 aromatic carbocycles. The average Bonchev–Trinajstić information content (AvgIpc) is 3.24. The van der Waals surface area contributed by atoms with Crippen LogP contribution in [0.25, 0.3) is 0 Å². The summed E-state index contributed by atoms with van der Waals surface area (Å²) in [7, 11) is 0. The maximum Gasteiger partial charge on any atom is 0.236 e. The Labute approximate surface area is 166 Å². The number of pyridine rings is 1. The summed E-state index contributed by atoms with van der Waals surface area (Å²) in [6, 6.07) is 12.9. The van der Waals surface area contributed by atoms with E-state index in [-0.39, 0.29) is 11.7 Å². The highest BCUT2D eigenvalue weighted by Gasteiger charge is 2.26. The fraction of sp³-hybridized carbons (Fsp3) is 0.478. The molecule has 2 aromatic rings. The predicted molar refractivity (Wildman–Crippen MR) is 108 cm³/mol. The Bertz CT molecular complexity index is 819. The third-order valence-electron chi connectivity index (χ3n) is 5.84. The van der Waals surface area contributed by atoms with Gasteiger partial charge in [-0.2, -0.15) is 0 Å². The van der Waals surface area contributed by atoms with Crippen LogP contribution in [0.1, 0.15) is 48.6 Å². The molecule has 2 saturated heterocycles. The van der Waals surface area contributed by atoms with Crippen molar-refractivity contribution in [1.82, 2.24) is 14.8 Å². The van der Waals surface area contributed by atoms with Gasteiger partial charge in [0.15, 0.2) is 0 Å². The molecule has 2 fully saturated rings. The minimum absolute atomic E-state index is 0.209. The molecule has 0 radical (unpaired) electrons. The van der Waals surface area contributed by atoms with Gasteiger partial charge in [0.1, 0.15) is 5.82 Å². The molecule has 1 atom stereocenters. The van der Waals surface area contributed by atoms with E-state index < -0.39 is 0 Å². The molecule has 0 saturated carbocycles. The second-order valence-electron chi connectivity index (χ2n) is 8.02. The first kappa shape index (κ1) is 19.1. The minimum Gasteiger partial charge on any atom is -0.342 e. The molecule has 0 aliphatic carbocycles. The number of piperidine rings is 1. The molecule has 3 heterocycles. The van der Waals surface area contributed by atoms with Gasteiger partial charge in [0.25, 0.3) is 0 Å². The van der Waals surface area contributed by atoms with Gasteiger partial charge in [0, 0.05) is 43.4 Å². The number of carbonyl (C=O) groups is 1. The van der Waals surface area contributed by atoms with Gasteiger partial charge in [0.05, 0.1) is 6.54 Å². The molecular weight excluding hydrogens is 353 g/mol. The molecule has 2 aliphatic heterocycles. The van der Waals surface area contributed by atoms with Crippen molar-refractivity contribution < 1.29 is 9.18 Å². The van der Waals surface area contributed by atoms with Gasteiger partial charge in [-0.1, -0.05) is 18.2 Å². The van der Waals surface area contributed by atoms with E-state index in [1.807, 2.05) is 23.1 Å². The third kappa shape index (κ3) is 4.76. The molecule has 4 nitrogen and oxygen atoms in total. The first-order chi connectivity index (χ1) is 13.7. The molecule has 148 valence electrons. The van der Waals surface area contributed by atoms with E-state index in [9.17, 15) is 9.18 Å². The quantitative estimate of drug-likeness (QED) is 0.794. The second-order valence-corrected chi connectivity index (χ2v) is 8.02. The smallest absolute Gasteiger partial charge is 0.236 e. The van der Waals surface area contributed by atoms with Crippen molar-refractivity contribution in [1.29, 1.82) is 0 Å². The lowest BCUT2D eigenvalue weighted by molar-refractivity contribution is -0.131. The standard InChI is InChI=1S/C23H28FN3O/c24-20-8-3-6-18(14-20)15-21-9-4-10-22(25-21)19-7-5-11-26(16-19)17-23(28)27-12-1-2-13-27/h3-4,6,8-10,14,19H,1-2,5,7,11-13,15-17H2/t19-/m0/s1. The van der Waals surface area contributed by atoms with Crippen LogP contribution in [0.4, 0.5) is 4.39 Å². The summed E-state index contributed by atoms with van der Waals surface area (Å²) in [6.45, 7) is 4.23. The van der Waals surface area contributed by atoms with Crippen LogP contribution in [-0.2, 0) is 11.2 Å². The van der Waals surface area contributed by atoms with Crippen LogP contribution in [0.3, 0.4) is 0 Å². The topological polar surface area (TPSA) is 36.4 Å². The van der Waals surface area contributed by atoms with Crippen molar-refractivity contribution in [3.05, 3.63) is 65.2 Å². The summed E-state index contributed by atoms with van der Waals surface area (Å²) in [6.07, 6.45) is 5.10. The molecule has 28 heavy (non-hydrogen) atoms. The van der Waals surface area contributed by atoms with E-state index in [0.29, 0.717) is 18.9 Å². The molecule has 4 rings (SSSR count). The number of halogens is 1. The summed E-state index contributed by atoms with van der Waals surface area (Å²) in [5, 5.41) is 0. The van der Waals surface area contributed by atoms with Gasteiger partial charge >= 0.3 is 0 Å². The number of amides is 1. The van der Waals surface area contributed by atoms with Crippen LogP contribution in [-0.4, -0.2) is 53.4 Å². The van der Waals surface area contributed by atoms with Gasteiger partial charge in [-0.25, -0.2) is 4.39 Å². The lowest BCUT2D eigenvalue weighted by Crippen LogP contribution is -2.43. The molecular formula is C23H28FN3O. The van der Waals surface area contributed by atoms with Gasteiger partial charge in [-0.05, 0) is 62.1 Å². The normalized spacial score (nSPS) is 20.5. The summed E-state index contributed by atoms with van der Waals surface area (Å²) in [4.78, 5) is 21.6. The monoisotopic (exact) mass is 381 g/mol. The molecule has 0 unspecified atom stereocenters. The summed E-state index contributed by atoms with van der Waals surface area (Å²) >= 11 is 0. The second kappa shape index (κ2) is 8.82. The van der Waals surface area contributed by atoms with Gasteiger partial charge in [0.2, 0.25) is 5.91 Å². The van der Waals surface area contributed by atoms with E-state index in [0.717, 1.165) is 68.8 Å². The van der Waals surface area contributed by atoms with E-state index in [1.54, 1.807) is 12.1 Å². The van der Waals surface area contributed by atoms with Crippen LogP contribution < -0.4 is 0 Å². The molecule has 1 amide bonds. The number of likely N-dealkylation sites (tertiary alicyclic amines) is 2. The number of rotatable bonds is 5.